The first-order chi connectivity index (χ1) is 9.56. The third-order valence-electron chi connectivity index (χ3n) is 3.74. The van der Waals surface area contributed by atoms with Crippen LogP contribution in [0.4, 0.5) is 0 Å². The minimum absolute atomic E-state index is 0.00882. The van der Waals surface area contributed by atoms with Gasteiger partial charge in [-0.3, -0.25) is 9.59 Å². The largest absolute Gasteiger partial charge is 0.481 e. The van der Waals surface area contributed by atoms with Crippen LogP contribution in [0.25, 0.3) is 0 Å². The quantitative estimate of drug-likeness (QED) is 0.926. The number of hydrogen-bond donors (Lipinski definition) is 1. The van der Waals surface area contributed by atoms with Crippen molar-refractivity contribution in [3.63, 3.8) is 0 Å². The zero-order valence-electron chi connectivity index (χ0n) is 11.3. The van der Waals surface area contributed by atoms with Gasteiger partial charge in [0.05, 0.1) is 11.7 Å². The van der Waals surface area contributed by atoms with Gasteiger partial charge in [-0.15, -0.1) is 11.8 Å². The van der Waals surface area contributed by atoms with E-state index in [1.54, 1.807) is 0 Å². The first-order valence-electron chi connectivity index (χ1n) is 6.82. The molecule has 106 valence electrons. The fourth-order valence-corrected chi connectivity index (χ4v) is 4.06. The van der Waals surface area contributed by atoms with E-state index in [2.05, 4.69) is 0 Å². The summed E-state index contributed by atoms with van der Waals surface area (Å²) in [5, 5.41) is 8.47. The van der Waals surface area contributed by atoms with Crippen molar-refractivity contribution >= 4 is 23.6 Å². The molecule has 2 fully saturated rings. The van der Waals surface area contributed by atoms with Crippen molar-refractivity contribution in [2.75, 3.05) is 0 Å². The Morgan fingerprint density at radius 2 is 2.00 bits per heavy atom. The number of carboxylic acids is 1. The SMILES string of the molecule is Cc1ccc(C2SC(CC(=O)O)C(=O)N2C2CC2)cc1. The highest BCUT2D eigenvalue weighted by molar-refractivity contribution is 8.01. The molecule has 0 radical (unpaired) electrons. The van der Waals surface area contributed by atoms with Crippen LogP contribution in [0.5, 0.6) is 0 Å². The van der Waals surface area contributed by atoms with Crippen LogP contribution in [0.1, 0.15) is 35.8 Å². The maximum atomic E-state index is 12.4. The molecule has 1 aromatic rings. The number of amides is 1. The Bertz CT molecular complexity index is 539. The molecule has 0 bridgehead atoms. The van der Waals surface area contributed by atoms with Crippen molar-refractivity contribution < 1.29 is 14.7 Å². The van der Waals surface area contributed by atoms with E-state index in [1.807, 2.05) is 36.1 Å². The van der Waals surface area contributed by atoms with E-state index in [1.165, 1.54) is 17.3 Å². The number of aryl methyl sites for hydroxylation is 1. The van der Waals surface area contributed by atoms with E-state index in [-0.39, 0.29) is 17.7 Å². The highest BCUT2D eigenvalue weighted by Crippen LogP contribution is 2.49. The highest BCUT2D eigenvalue weighted by atomic mass is 32.2. The van der Waals surface area contributed by atoms with Gasteiger partial charge in [-0.1, -0.05) is 29.8 Å². The number of carbonyl (C=O) groups is 2. The van der Waals surface area contributed by atoms with Gasteiger partial charge in [0.2, 0.25) is 5.91 Å². The van der Waals surface area contributed by atoms with E-state index in [9.17, 15) is 9.59 Å². The summed E-state index contributed by atoms with van der Waals surface area (Å²) in [6.45, 7) is 2.03. The summed E-state index contributed by atoms with van der Waals surface area (Å²) in [4.78, 5) is 25.2. The van der Waals surface area contributed by atoms with E-state index >= 15 is 0 Å². The average Bonchev–Trinajstić information content (AvgIpc) is 3.17. The number of hydrogen-bond acceptors (Lipinski definition) is 3. The molecule has 2 unspecified atom stereocenters. The molecule has 1 aromatic carbocycles. The lowest BCUT2D eigenvalue weighted by atomic mass is 10.1. The van der Waals surface area contributed by atoms with E-state index in [0.29, 0.717) is 6.04 Å². The van der Waals surface area contributed by atoms with Crippen molar-refractivity contribution in [1.82, 2.24) is 4.90 Å². The minimum atomic E-state index is -0.906. The average molecular weight is 291 g/mol. The molecule has 2 atom stereocenters. The van der Waals surface area contributed by atoms with Crippen LogP contribution in [-0.2, 0) is 9.59 Å². The second-order valence-corrected chi connectivity index (χ2v) is 6.75. The monoisotopic (exact) mass is 291 g/mol. The molecular formula is C15H17NO3S. The Labute approximate surface area is 122 Å². The molecule has 3 rings (SSSR count). The Morgan fingerprint density at radius 1 is 1.35 bits per heavy atom. The van der Waals surface area contributed by atoms with Gasteiger partial charge in [0.1, 0.15) is 5.37 Å². The summed E-state index contributed by atoms with van der Waals surface area (Å²) in [5.41, 5.74) is 2.27. The normalized spacial score (nSPS) is 26.1. The van der Waals surface area contributed by atoms with E-state index < -0.39 is 11.2 Å². The molecule has 1 aliphatic carbocycles. The summed E-state index contributed by atoms with van der Waals surface area (Å²) in [6.07, 6.45) is 1.98. The lowest BCUT2D eigenvalue weighted by Gasteiger charge is -2.24. The second-order valence-electron chi connectivity index (χ2n) is 5.46. The molecule has 0 spiro atoms. The van der Waals surface area contributed by atoms with Gasteiger partial charge in [-0.05, 0) is 25.3 Å². The topological polar surface area (TPSA) is 57.6 Å². The van der Waals surface area contributed by atoms with Crippen molar-refractivity contribution in [3.8, 4) is 0 Å². The van der Waals surface area contributed by atoms with Crippen LogP contribution in [-0.4, -0.2) is 33.2 Å². The van der Waals surface area contributed by atoms with Crippen molar-refractivity contribution in [2.24, 2.45) is 0 Å². The lowest BCUT2D eigenvalue weighted by molar-refractivity contribution is -0.140. The summed E-state index contributed by atoms with van der Waals surface area (Å²) < 4.78 is 0. The molecule has 2 aliphatic rings. The standard InChI is InChI=1S/C15H17NO3S/c1-9-2-4-10(5-3-9)15-16(11-6-7-11)14(19)12(20-15)8-13(17)18/h2-5,11-12,15H,6-8H2,1H3,(H,17,18). The maximum absolute atomic E-state index is 12.4. The molecular weight excluding hydrogens is 274 g/mol. The highest BCUT2D eigenvalue weighted by Gasteiger charge is 2.47. The summed E-state index contributed by atoms with van der Waals surface area (Å²) >= 11 is 1.48. The van der Waals surface area contributed by atoms with Gasteiger partial charge in [0.25, 0.3) is 0 Å². The Kier molecular flexibility index (Phi) is 3.46. The number of benzene rings is 1. The molecule has 5 heteroatoms. The summed E-state index contributed by atoms with van der Waals surface area (Å²) in [6, 6.07) is 8.46. The fraction of sp³-hybridized carbons (Fsp3) is 0.467. The predicted octanol–water partition coefficient (Wildman–Crippen LogP) is 2.57. The number of nitrogens with zero attached hydrogens (tertiary/aromatic N) is 1. The van der Waals surface area contributed by atoms with Crippen LogP contribution in [0.2, 0.25) is 0 Å². The summed E-state index contributed by atoms with van der Waals surface area (Å²) in [5.74, 6) is -0.915. The molecule has 1 amide bonds. The van der Waals surface area contributed by atoms with Crippen molar-refractivity contribution in [1.29, 1.82) is 0 Å². The van der Waals surface area contributed by atoms with E-state index in [0.717, 1.165) is 18.4 Å². The Morgan fingerprint density at radius 3 is 2.55 bits per heavy atom. The molecule has 0 aromatic heterocycles. The molecule has 1 heterocycles. The van der Waals surface area contributed by atoms with Crippen molar-refractivity contribution in [2.45, 2.75) is 42.9 Å². The molecule has 20 heavy (non-hydrogen) atoms. The van der Waals surface area contributed by atoms with Gasteiger partial charge >= 0.3 is 5.97 Å². The van der Waals surface area contributed by atoms with Crippen LogP contribution < -0.4 is 0 Å². The number of carboxylic acid groups (broad SMARTS) is 1. The van der Waals surface area contributed by atoms with Crippen LogP contribution in [0.15, 0.2) is 24.3 Å². The van der Waals surface area contributed by atoms with Gasteiger partial charge < -0.3 is 10.0 Å². The molecule has 1 saturated heterocycles. The summed E-state index contributed by atoms with van der Waals surface area (Å²) in [7, 11) is 0. The second kappa shape index (κ2) is 5.13. The van der Waals surface area contributed by atoms with Crippen molar-refractivity contribution in [3.05, 3.63) is 35.4 Å². The Balaban J connectivity index is 1.86. The van der Waals surface area contributed by atoms with Gasteiger partial charge in [-0.2, -0.15) is 0 Å². The predicted molar refractivity (Wildman–Crippen MR) is 77.4 cm³/mol. The zero-order chi connectivity index (χ0) is 14.3. The first kappa shape index (κ1) is 13.5. The van der Waals surface area contributed by atoms with Crippen LogP contribution in [0, 0.1) is 6.92 Å². The van der Waals surface area contributed by atoms with Crippen LogP contribution in [0.3, 0.4) is 0 Å². The third-order valence-corrected chi connectivity index (χ3v) is 5.19. The van der Waals surface area contributed by atoms with E-state index in [4.69, 9.17) is 5.11 Å². The van der Waals surface area contributed by atoms with Gasteiger partial charge in [0, 0.05) is 6.04 Å². The number of carbonyl (C=O) groups excluding carboxylic acids is 1. The Hall–Kier alpha value is -1.49. The number of thioether (sulfide) groups is 1. The fourth-order valence-electron chi connectivity index (χ4n) is 2.55. The van der Waals surface area contributed by atoms with Crippen LogP contribution >= 0.6 is 11.8 Å². The maximum Gasteiger partial charge on any atom is 0.305 e. The molecule has 1 aliphatic heterocycles. The van der Waals surface area contributed by atoms with Gasteiger partial charge in [0.15, 0.2) is 0 Å². The minimum Gasteiger partial charge on any atom is -0.481 e. The smallest absolute Gasteiger partial charge is 0.305 e. The number of rotatable bonds is 4. The zero-order valence-corrected chi connectivity index (χ0v) is 12.1. The molecule has 1 N–H and O–H groups in total. The lowest BCUT2D eigenvalue weighted by Crippen LogP contribution is -2.33. The molecule has 4 nitrogen and oxygen atoms in total. The first-order valence-corrected chi connectivity index (χ1v) is 7.76. The molecule has 1 saturated carbocycles. The number of aliphatic carboxylic acids is 1. The van der Waals surface area contributed by atoms with Gasteiger partial charge in [-0.25, -0.2) is 0 Å². The third kappa shape index (κ3) is 2.54.